The van der Waals surface area contributed by atoms with Gasteiger partial charge in [0.1, 0.15) is 5.82 Å². The van der Waals surface area contributed by atoms with Crippen LogP contribution in [0.25, 0.3) is 0 Å². The lowest BCUT2D eigenvalue weighted by Crippen LogP contribution is -2.49. The molecule has 2 N–H and O–H groups in total. The molecule has 0 saturated carbocycles. The molecule has 2 atom stereocenters. The van der Waals surface area contributed by atoms with Crippen molar-refractivity contribution in [2.45, 2.75) is 43.6 Å². The molecule has 0 aromatic heterocycles. The summed E-state index contributed by atoms with van der Waals surface area (Å²) in [5.74, 6) is -1.83. The van der Waals surface area contributed by atoms with Gasteiger partial charge in [0.05, 0.1) is 29.2 Å². The highest BCUT2D eigenvalue weighted by atomic mass is 19.4. The predicted molar refractivity (Wildman–Crippen MR) is 127 cm³/mol. The lowest BCUT2D eigenvalue weighted by Gasteiger charge is -2.36. The van der Waals surface area contributed by atoms with Crippen molar-refractivity contribution in [1.29, 1.82) is 0 Å². The maximum Gasteiger partial charge on any atom is 0.416 e. The highest BCUT2D eigenvalue weighted by Gasteiger charge is 2.45. The molecule has 0 spiro atoms. The summed E-state index contributed by atoms with van der Waals surface area (Å²) in [6.07, 6.45) is -10.2. The van der Waals surface area contributed by atoms with Gasteiger partial charge in [-0.2, -0.15) is 26.3 Å². The first kappa shape index (κ1) is 30.2. The summed E-state index contributed by atoms with van der Waals surface area (Å²) in [5, 5.41) is 11.5. The number of aliphatic hydroxyl groups excluding tert-OH is 1. The first-order chi connectivity index (χ1) is 18.0. The molecule has 2 unspecified atom stereocenters. The molecule has 6 nitrogen and oxygen atoms in total. The fourth-order valence-electron chi connectivity index (χ4n) is 4.69. The van der Waals surface area contributed by atoms with Crippen molar-refractivity contribution in [3.63, 3.8) is 0 Å². The molecule has 0 radical (unpaired) electrons. The number of nitrogens with zero attached hydrogens (tertiary/aromatic N) is 2. The van der Waals surface area contributed by atoms with Crippen molar-refractivity contribution in [2.75, 3.05) is 33.3 Å². The Morgan fingerprint density at radius 3 is 1.95 bits per heavy atom. The van der Waals surface area contributed by atoms with Crippen LogP contribution in [0.15, 0.2) is 42.5 Å². The molecule has 1 heterocycles. The zero-order valence-electron chi connectivity index (χ0n) is 21.3. The van der Waals surface area contributed by atoms with E-state index in [0.717, 1.165) is 0 Å². The lowest BCUT2D eigenvalue weighted by atomic mass is 9.80. The summed E-state index contributed by atoms with van der Waals surface area (Å²) in [6.45, 7) is 2.19. The molecule has 3 rings (SSSR count). The Kier molecular flexibility index (Phi) is 8.54. The number of urea groups is 1. The van der Waals surface area contributed by atoms with E-state index in [2.05, 4.69) is 5.32 Å². The van der Waals surface area contributed by atoms with Crippen molar-refractivity contribution in [1.82, 2.24) is 15.1 Å². The van der Waals surface area contributed by atoms with E-state index in [0.29, 0.717) is 17.7 Å². The maximum absolute atomic E-state index is 13.7. The number of alkyl halides is 6. The smallest absolute Gasteiger partial charge is 0.395 e. The van der Waals surface area contributed by atoms with Crippen LogP contribution in [0.3, 0.4) is 0 Å². The number of hydrogen-bond acceptors (Lipinski definition) is 3. The quantitative estimate of drug-likeness (QED) is 0.498. The van der Waals surface area contributed by atoms with Gasteiger partial charge in [0, 0.05) is 32.6 Å². The molecule has 1 aliphatic heterocycles. The largest absolute Gasteiger partial charge is 0.416 e. The normalized spacial score (nSPS) is 18.3. The number of hydrogen-bond donors (Lipinski definition) is 2. The van der Waals surface area contributed by atoms with Crippen LogP contribution in [0, 0.1) is 5.82 Å². The van der Waals surface area contributed by atoms with Crippen LogP contribution < -0.4 is 5.32 Å². The summed E-state index contributed by atoms with van der Waals surface area (Å²) in [7, 11) is 1.36. The Morgan fingerprint density at radius 1 is 0.949 bits per heavy atom. The summed E-state index contributed by atoms with van der Waals surface area (Å²) < 4.78 is 94.3. The third-order valence-electron chi connectivity index (χ3n) is 6.92. The molecular weight excluding hydrogens is 535 g/mol. The molecule has 2 aromatic rings. The summed E-state index contributed by atoms with van der Waals surface area (Å²) in [6, 6.07) is 5.15. The minimum absolute atomic E-state index is 0.00181. The van der Waals surface area contributed by atoms with Gasteiger partial charge < -0.3 is 20.2 Å². The maximum atomic E-state index is 13.7. The van der Waals surface area contributed by atoms with E-state index < -0.39 is 64.2 Å². The molecule has 214 valence electrons. The van der Waals surface area contributed by atoms with Crippen molar-refractivity contribution < 1.29 is 45.4 Å². The Balaban J connectivity index is 2.00. The van der Waals surface area contributed by atoms with Crippen LogP contribution in [0.4, 0.5) is 35.5 Å². The van der Waals surface area contributed by atoms with E-state index >= 15 is 0 Å². The SMILES string of the molecule is CN(C(=O)C(C)(C)c1cc(C(F)(F)F)cc(C(F)(F)F)c1)C1CN(C(=O)NCCO)CC1c1ccc(F)cc1. The van der Waals surface area contributed by atoms with Crippen molar-refractivity contribution in [3.05, 3.63) is 70.5 Å². The highest BCUT2D eigenvalue weighted by molar-refractivity contribution is 5.88. The predicted octanol–water partition coefficient (Wildman–Crippen LogP) is 4.77. The molecule has 1 fully saturated rings. The van der Waals surface area contributed by atoms with Gasteiger partial charge in [0.15, 0.2) is 0 Å². The number of rotatable bonds is 6. The van der Waals surface area contributed by atoms with Crippen LogP contribution in [0.2, 0.25) is 0 Å². The van der Waals surface area contributed by atoms with E-state index in [-0.39, 0.29) is 32.3 Å². The van der Waals surface area contributed by atoms with E-state index in [4.69, 9.17) is 5.11 Å². The van der Waals surface area contributed by atoms with Crippen LogP contribution >= 0.6 is 0 Å². The van der Waals surface area contributed by atoms with Gasteiger partial charge in [0.2, 0.25) is 5.91 Å². The third-order valence-corrected chi connectivity index (χ3v) is 6.92. The fraction of sp³-hybridized carbons (Fsp3) is 0.462. The number of halogens is 7. The van der Waals surface area contributed by atoms with E-state index in [1.54, 1.807) is 0 Å². The zero-order chi connectivity index (χ0) is 29.3. The number of likely N-dealkylation sites (N-methyl/N-ethyl adjacent to an activating group) is 1. The number of nitrogens with one attached hydrogen (secondary N) is 1. The molecule has 0 bridgehead atoms. The van der Waals surface area contributed by atoms with Gasteiger partial charge in [-0.05, 0) is 55.3 Å². The summed E-state index contributed by atoms with van der Waals surface area (Å²) in [4.78, 5) is 28.9. The van der Waals surface area contributed by atoms with Crippen LogP contribution in [-0.4, -0.2) is 66.2 Å². The minimum Gasteiger partial charge on any atom is -0.395 e. The zero-order valence-corrected chi connectivity index (χ0v) is 21.3. The lowest BCUT2D eigenvalue weighted by molar-refractivity contribution is -0.144. The van der Waals surface area contributed by atoms with Crippen molar-refractivity contribution in [2.24, 2.45) is 0 Å². The second kappa shape index (κ2) is 11.0. The topological polar surface area (TPSA) is 72.9 Å². The van der Waals surface area contributed by atoms with Crippen LogP contribution in [0.1, 0.15) is 42.0 Å². The molecular formula is C26H28F7N3O3. The van der Waals surface area contributed by atoms with Gasteiger partial charge >= 0.3 is 18.4 Å². The van der Waals surface area contributed by atoms with Crippen molar-refractivity contribution >= 4 is 11.9 Å². The number of amides is 3. The average Bonchev–Trinajstić information content (AvgIpc) is 3.31. The highest BCUT2D eigenvalue weighted by Crippen LogP contribution is 2.40. The average molecular weight is 564 g/mol. The third kappa shape index (κ3) is 6.63. The molecule has 1 saturated heterocycles. The van der Waals surface area contributed by atoms with Gasteiger partial charge in [-0.25, -0.2) is 9.18 Å². The van der Waals surface area contributed by atoms with Gasteiger partial charge in [-0.15, -0.1) is 0 Å². The van der Waals surface area contributed by atoms with Crippen LogP contribution in [0.5, 0.6) is 0 Å². The molecule has 39 heavy (non-hydrogen) atoms. The minimum atomic E-state index is -5.08. The Bertz CT molecular complexity index is 1160. The molecule has 0 aliphatic carbocycles. The Hall–Kier alpha value is -3.35. The van der Waals surface area contributed by atoms with Gasteiger partial charge in [-0.3, -0.25) is 4.79 Å². The summed E-state index contributed by atoms with van der Waals surface area (Å²) in [5.41, 5.74) is -4.79. The Morgan fingerprint density at radius 2 is 1.46 bits per heavy atom. The number of likely N-dealkylation sites (tertiary alicyclic amines) is 1. The standard InChI is InChI=1S/C26H28F7N3O3/c1-24(2,16-10-17(25(28,29)30)12-18(11-16)26(31,32)33)22(38)35(3)21-14-36(23(39)34-8-9-37)13-20(21)15-4-6-19(27)7-5-15/h4-7,10-12,20-21,37H,8-9,13-14H2,1-3H3,(H,34,39). The number of benzene rings is 2. The molecule has 13 heteroatoms. The first-order valence-corrected chi connectivity index (χ1v) is 11.9. The number of carbonyl (C=O) groups is 2. The second-order valence-corrected chi connectivity index (χ2v) is 9.92. The van der Waals surface area contributed by atoms with Crippen LogP contribution in [-0.2, 0) is 22.6 Å². The van der Waals surface area contributed by atoms with Crippen molar-refractivity contribution in [3.8, 4) is 0 Å². The summed E-state index contributed by atoms with van der Waals surface area (Å²) >= 11 is 0. The van der Waals surface area contributed by atoms with E-state index in [9.17, 15) is 40.3 Å². The van der Waals surface area contributed by atoms with Gasteiger partial charge in [0.25, 0.3) is 0 Å². The molecule has 1 aliphatic rings. The molecule has 3 amide bonds. The van der Waals surface area contributed by atoms with Gasteiger partial charge in [-0.1, -0.05) is 12.1 Å². The van der Waals surface area contributed by atoms with E-state index in [1.807, 2.05) is 0 Å². The Labute approximate surface area is 220 Å². The number of aliphatic hydroxyl groups is 1. The molecule has 2 aromatic carbocycles. The monoisotopic (exact) mass is 563 g/mol. The fourth-order valence-corrected chi connectivity index (χ4v) is 4.69. The second-order valence-electron chi connectivity index (χ2n) is 9.92. The first-order valence-electron chi connectivity index (χ1n) is 11.9. The van der Waals surface area contributed by atoms with E-state index in [1.165, 1.54) is 55.0 Å². The number of carbonyl (C=O) groups excluding carboxylic acids is 2.